The average Bonchev–Trinajstić information content (AvgIpc) is 3.42. The summed E-state index contributed by atoms with van der Waals surface area (Å²) >= 11 is 6.84. The number of hydrogen-bond acceptors (Lipinski definition) is 3. The van der Waals surface area contributed by atoms with Crippen LogP contribution in [0.4, 0.5) is 5.69 Å². The molecule has 1 aliphatic heterocycles. The zero-order valence-corrected chi connectivity index (χ0v) is 19.7. The smallest absolute Gasteiger partial charge is 0.307 e. The van der Waals surface area contributed by atoms with E-state index in [-0.39, 0.29) is 11.3 Å². The van der Waals surface area contributed by atoms with Crippen molar-refractivity contribution in [2.45, 2.75) is 45.4 Å². The molecule has 4 rings (SSSR count). The average molecular weight is 452 g/mol. The van der Waals surface area contributed by atoms with Crippen LogP contribution in [-0.2, 0) is 16.6 Å². The van der Waals surface area contributed by atoms with Gasteiger partial charge >= 0.3 is 5.97 Å². The Balaban J connectivity index is 1.51. The third-order valence-electron chi connectivity index (χ3n) is 6.93. The number of fused-ring (bicyclic) bond motifs is 2. The lowest BCUT2D eigenvalue weighted by Gasteiger charge is -2.17. The Hall–Kier alpha value is -2.72. The van der Waals surface area contributed by atoms with Crippen molar-refractivity contribution in [1.29, 1.82) is 0 Å². The highest BCUT2D eigenvalue weighted by Gasteiger charge is 2.63. The van der Waals surface area contributed by atoms with Gasteiger partial charge in [-0.2, -0.15) is 0 Å². The lowest BCUT2D eigenvalue weighted by atomic mass is 9.92. The number of aryl methyl sites for hydroxylation is 2. The van der Waals surface area contributed by atoms with Crippen molar-refractivity contribution in [2.24, 2.45) is 5.92 Å². The molecule has 2 aromatic rings. The van der Waals surface area contributed by atoms with Gasteiger partial charge in [-0.15, -0.1) is 0 Å². The summed E-state index contributed by atoms with van der Waals surface area (Å²) in [6.07, 6.45) is 2.39. The largest absolute Gasteiger partial charge is 0.492 e. The first-order valence-electron chi connectivity index (χ1n) is 11.2. The summed E-state index contributed by atoms with van der Waals surface area (Å²) in [6.45, 7) is 11.7. The Morgan fingerprint density at radius 2 is 2.09 bits per heavy atom. The molecule has 0 bridgehead atoms. The van der Waals surface area contributed by atoms with Crippen molar-refractivity contribution in [3.8, 4) is 5.75 Å². The van der Waals surface area contributed by atoms with E-state index in [2.05, 4.69) is 50.9 Å². The normalized spacial score (nSPS) is 21.6. The Morgan fingerprint density at radius 1 is 1.31 bits per heavy atom. The highest BCUT2D eigenvalue weighted by Crippen LogP contribution is 2.60. The minimum absolute atomic E-state index is 0.334. The van der Waals surface area contributed by atoms with E-state index in [0.29, 0.717) is 24.6 Å². The number of anilines is 1. The van der Waals surface area contributed by atoms with Gasteiger partial charge in [-0.05, 0) is 60.1 Å². The minimum Gasteiger partial charge on any atom is -0.492 e. The number of aliphatic carboxylic acids is 1. The maximum Gasteiger partial charge on any atom is 0.307 e. The molecule has 1 spiro atoms. The van der Waals surface area contributed by atoms with E-state index in [1.807, 2.05) is 18.2 Å². The van der Waals surface area contributed by atoms with E-state index in [0.717, 1.165) is 46.6 Å². The predicted octanol–water partition coefficient (Wildman–Crippen LogP) is 6.32. The van der Waals surface area contributed by atoms with Crippen molar-refractivity contribution in [2.75, 3.05) is 18.5 Å². The zero-order valence-electron chi connectivity index (χ0n) is 18.9. The van der Waals surface area contributed by atoms with Gasteiger partial charge < -0.3 is 15.2 Å². The Bertz CT molecular complexity index is 1120. The molecule has 2 N–H and O–H groups in total. The molecule has 1 fully saturated rings. The molecule has 1 saturated carbocycles. The lowest BCUT2D eigenvalue weighted by Crippen LogP contribution is -2.16. The van der Waals surface area contributed by atoms with Crippen molar-refractivity contribution < 1.29 is 14.6 Å². The Kier molecular flexibility index (Phi) is 6.09. The lowest BCUT2D eigenvalue weighted by molar-refractivity contribution is -0.139. The molecule has 32 heavy (non-hydrogen) atoms. The molecular weight excluding hydrogens is 422 g/mol. The van der Waals surface area contributed by atoms with E-state index >= 15 is 0 Å². The number of carboxylic acid groups (broad SMARTS) is 1. The quantitative estimate of drug-likeness (QED) is 0.461. The molecule has 2 aliphatic rings. The monoisotopic (exact) mass is 451 g/mol. The standard InChI is InChI=1S/C27H30ClNO3/c1-5-18-9-7-8-16(3)24(18)17(4)25(28)19(6-2)14-29-20-10-11-21-23(12-20)32-15-27(21)13-22(27)26(30)31/h7-12,22,29H,4-6,13-15H2,1-3H3,(H,30,31)/b25-19-/t22?,27-/m0/s1. The van der Waals surface area contributed by atoms with E-state index in [1.165, 1.54) is 11.1 Å². The molecule has 1 unspecified atom stereocenters. The molecular formula is C27H30ClNO3. The molecule has 168 valence electrons. The molecule has 0 aromatic heterocycles. The Labute approximate surface area is 194 Å². The number of halogens is 1. The molecule has 0 radical (unpaired) electrons. The second-order valence-corrected chi connectivity index (χ2v) is 9.19. The maximum absolute atomic E-state index is 11.4. The fourth-order valence-corrected chi connectivity index (χ4v) is 5.17. The van der Waals surface area contributed by atoms with Crippen molar-refractivity contribution in [1.82, 2.24) is 0 Å². The molecule has 1 aliphatic carbocycles. The van der Waals surface area contributed by atoms with E-state index in [9.17, 15) is 9.90 Å². The second kappa shape index (κ2) is 8.67. The first kappa shape index (κ1) is 22.5. The van der Waals surface area contributed by atoms with Gasteiger partial charge in [-0.25, -0.2) is 0 Å². The number of nitrogens with one attached hydrogen (secondary N) is 1. The summed E-state index contributed by atoms with van der Waals surface area (Å²) < 4.78 is 5.86. The van der Waals surface area contributed by atoms with Crippen LogP contribution in [-0.4, -0.2) is 24.2 Å². The number of benzene rings is 2. The summed E-state index contributed by atoms with van der Waals surface area (Å²) in [5.41, 5.74) is 7.14. The molecule has 2 atom stereocenters. The number of hydrogen-bond donors (Lipinski definition) is 2. The van der Waals surface area contributed by atoms with Crippen LogP contribution in [0.5, 0.6) is 5.75 Å². The Morgan fingerprint density at radius 3 is 2.75 bits per heavy atom. The zero-order chi connectivity index (χ0) is 23.0. The van der Waals surface area contributed by atoms with Gasteiger partial charge in [0.25, 0.3) is 0 Å². The number of ether oxygens (including phenoxy) is 1. The summed E-state index contributed by atoms with van der Waals surface area (Å²) in [7, 11) is 0. The first-order valence-corrected chi connectivity index (χ1v) is 11.6. The van der Waals surface area contributed by atoms with Gasteiger partial charge in [-0.1, -0.05) is 56.3 Å². The maximum atomic E-state index is 11.4. The summed E-state index contributed by atoms with van der Waals surface area (Å²) in [5, 5.41) is 13.5. The highest BCUT2D eigenvalue weighted by molar-refractivity contribution is 6.37. The minimum atomic E-state index is -0.740. The van der Waals surface area contributed by atoms with Gasteiger partial charge in [0.15, 0.2) is 0 Å². The van der Waals surface area contributed by atoms with E-state index in [4.69, 9.17) is 16.3 Å². The van der Waals surface area contributed by atoms with Crippen LogP contribution in [0.15, 0.2) is 53.6 Å². The van der Waals surface area contributed by atoms with Crippen LogP contribution in [0.25, 0.3) is 5.57 Å². The van der Waals surface area contributed by atoms with E-state index in [1.54, 1.807) is 0 Å². The van der Waals surface area contributed by atoms with Crippen LogP contribution in [0.1, 0.15) is 48.9 Å². The first-order chi connectivity index (χ1) is 15.3. The predicted molar refractivity (Wildman–Crippen MR) is 131 cm³/mol. The third-order valence-corrected chi connectivity index (χ3v) is 7.42. The molecule has 0 amide bonds. The molecule has 1 heterocycles. The van der Waals surface area contributed by atoms with Crippen LogP contribution >= 0.6 is 11.6 Å². The summed E-state index contributed by atoms with van der Waals surface area (Å²) in [5.74, 6) is -0.295. The summed E-state index contributed by atoms with van der Waals surface area (Å²) in [4.78, 5) is 11.4. The highest BCUT2D eigenvalue weighted by atomic mass is 35.5. The van der Waals surface area contributed by atoms with Crippen LogP contribution in [0.3, 0.4) is 0 Å². The van der Waals surface area contributed by atoms with Crippen molar-refractivity contribution in [3.63, 3.8) is 0 Å². The van der Waals surface area contributed by atoms with Crippen LogP contribution < -0.4 is 10.1 Å². The second-order valence-electron chi connectivity index (χ2n) is 8.82. The van der Waals surface area contributed by atoms with Gasteiger partial charge in [0.2, 0.25) is 0 Å². The van der Waals surface area contributed by atoms with E-state index < -0.39 is 5.97 Å². The molecule has 4 nitrogen and oxygen atoms in total. The fourth-order valence-electron chi connectivity index (χ4n) is 4.88. The molecule has 2 aromatic carbocycles. The molecule has 0 saturated heterocycles. The topological polar surface area (TPSA) is 58.6 Å². The van der Waals surface area contributed by atoms with Crippen LogP contribution in [0, 0.1) is 12.8 Å². The third kappa shape index (κ3) is 3.81. The fraction of sp³-hybridized carbons (Fsp3) is 0.370. The number of carboxylic acids is 1. The van der Waals surface area contributed by atoms with Crippen LogP contribution in [0.2, 0.25) is 0 Å². The number of allylic oxidation sites excluding steroid dienone is 2. The molecule has 5 heteroatoms. The van der Waals surface area contributed by atoms with Gasteiger partial charge in [-0.3, -0.25) is 4.79 Å². The summed E-state index contributed by atoms with van der Waals surface area (Å²) in [6, 6.07) is 12.3. The van der Waals surface area contributed by atoms with Gasteiger partial charge in [0, 0.05) is 34.3 Å². The number of carbonyl (C=O) groups is 1. The number of rotatable bonds is 8. The van der Waals surface area contributed by atoms with Gasteiger partial charge in [0.05, 0.1) is 12.5 Å². The van der Waals surface area contributed by atoms with Crippen molar-refractivity contribution >= 4 is 28.8 Å². The van der Waals surface area contributed by atoms with Crippen molar-refractivity contribution in [3.05, 3.63) is 75.8 Å². The van der Waals surface area contributed by atoms with Gasteiger partial charge in [0.1, 0.15) is 5.75 Å². The SMILES string of the molecule is C=C(/C(Cl)=C(\CC)CNc1ccc2c(c1)OC[C@@]21CC1C(=O)O)c1c(C)cccc1CC.